The van der Waals surface area contributed by atoms with Crippen LogP contribution in [0.1, 0.15) is 37.6 Å². The highest BCUT2D eigenvalue weighted by molar-refractivity contribution is 6.05. The molecule has 28 heavy (non-hydrogen) atoms. The van der Waals surface area contributed by atoms with E-state index in [0.29, 0.717) is 23.7 Å². The second-order valence-electron chi connectivity index (χ2n) is 7.39. The van der Waals surface area contributed by atoms with Crippen molar-refractivity contribution in [2.75, 3.05) is 23.4 Å². The molecule has 7 heteroatoms. The minimum Gasteiger partial charge on any atom is -0.490 e. The number of hydrogen-bond donors (Lipinski definition) is 1. The summed E-state index contributed by atoms with van der Waals surface area (Å²) in [7, 11) is 0. The van der Waals surface area contributed by atoms with Crippen molar-refractivity contribution in [2.24, 2.45) is 5.41 Å². The van der Waals surface area contributed by atoms with Gasteiger partial charge >= 0.3 is 0 Å². The van der Waals surface area contributed by atoms with Crippen LogP contribution in [0.25, 0.3) is 0 Å². The first-order valence-electron chi connectivity index (χ1n) is 9.08. The summed E-state index contributed by atoms with van der Waals surface area (Å²) in [4.78, 5) is 27.0. The number of amides is 2. The number of nitrogens with zero attached hydrogens (tertiary/aromatic N) is 1. The molecule has 2 amide bonds. The Morgan fingerprint density at radius 1 is 1.18 bits per heavy atom. The topological polar surface area (TPSA) is 58.6 Å². The lowest BCUT2D eigenvalue weighted by Gasteiger charge is -2.27. The van der Waals surface area contributed by atoms with E-state index >= 15 is 0 Å². The zero-order valence-corrected chi connectivity index (χ0v) is 16.0. The lowest BCUT2D eigenvalue weighted by molar-refractivity contribution is -0.127. The molecule has 0 bridgehead atoms. The van der Waals surface area contributed by atoms with Crippen LogP contribution in [0.2, 0.25) is 0 Å². The van der Waals surface area contributed by atoms with E-state index in [0.717, 1.165) is 18.6 Å². The molecule has 0 aliphatic carbocycles. The zero-order chi connectivity index (χ0) is 20.5. The Labute approximate surface area is 162 Å². The number of halogens is 2. The number of carbonyl (C=O) groups is 2. The van der Waals surface area contributed by atoms with E-state index in [1.165, 1.54) is 6.07 Å². The first kappa shape index (κ1) is 19.8. The largest absolute Gasteiger partial charge is 0.490 e. The lowest BCUT2D eigenvalue weighted by Crippen LogP contribution is -2.42. The smallest absolute Gasteiger partial charge is 0.255 e. The molecule has 0 atom stereocenters. The van der Waals surface area contributed by atoms with Gasteiger partial charge in [0.15, 0.2) is 11.6 Å². The van der Waals surface area contributed by atoms with Crippen LogP contribution in [0.4, 0.5) is 20.2 Å². The molecule has 0 radical (unpaired) electrons. The molecule has 0 saturated heterocycles. The van der Waals surface area contributed by atoms with Crippen LogP contribution in [0, 0.1) is 17.0 Å². The number of nitrogens with one attached hydrogen (secondary N) is 1. The molecule has 0 unspecified atom stereocenters. The number of hydrogen-bond acceptors (Lipinski definition) is 3. The second-order valence-corrected chi connectivity index (χ2v) is 7.39. The summed E-state index contributed by atoms with van der Waals surface area (Å²) in [6.45, 7) is 6.39. The number of carbonyl (C=O) groups excluding carboxylic acids is 2. The van der Waals surface area contributed by atoms with Gasteiger partial charge in [-0.15, -0.1) is 0 Å². The van der Waals surface area contributed by atoms with Crippen molar-refractivity contribution in [3.8, 4) is 5.75 Å². The molecule has 0 fully saturated rings. The van der Waals surface area contributed by atoms with Gasteiger partial charge in [0.1, 0.15) is 12.4 Å². The summed E-state index contributed by atoms with van der Waals surface area (Å²) in [5, 5.41) is 2.65. The summed E-state index contributed by atoms with van der Waals surface area (Å²) in [5.74, 6) is -2.20. The molecule has 0 spiro atoms. The maximum atomic E-state index is 13.4. The Morgan fingerprint density at radius 3 is 2.61 bits per heavy atom. The SMILES string of the molecule is CCCN1C(=O)C(C)(C)COc2ccc(NC(=O)c3ccc(F)c(F)c3)cc21. The highest BCUT2D eigenvalue weighted by Crippen LogP contribution is 2.38. The number of benzene rings is 2. The third-order valence-corrected chi connectivity index (χ3v) is 4.55. The third kappa shape index (κ3) is 3.83. The van der Waals surface area contributed by atoms with E-state index in [-0.39, 0.29) is 18.1 Å². The molecule has 5 nitrogen and oxygen atoms in total. The van der Waals surface area contributed by atoms with Gasteiger partial charge in [0.25, 0.3) is 5.91 Å². The standard InChI is InChI=1S/C21H22F2N2O3/c1-4-9-25-17-11-14(6-8-18(17)28-12-21(2,3)20(25)27)24-19(26)13-5-7-15(22)16(23)10-13/h5-8,10-11H,4,9,12H2,1-3H3,(H,24,26). The summed E-state index contributed by atoms with van der Waals surface area (Å²) < 4.78 is 32.3. The Bertz CT molecular complexity index is 928. The number of anilines is 2. The lowest BCUT2D eigenvalue weighted by atomic mass is 9.93. The fraction of sp³-hybridized carbons (Fsp3) is 0.333. The molecule has 2 aromatic rings. The average Bonchev–Trinajstić information content (AvgIpc) is 2.74. The van der Waals surface area contributed by atoms with Crippen molar-refractivity contribution >= 4 is 23.2 Å². The maximum absolute atomic E-state index is 13.4. The van der Waals surface area contributed by atoms with Gasteiger partial charge in [0.05, 0.1) is 11.1 Å². The molecular weight excluding hydrogens is 366 g/mol. The molecule has 1 aliphatic heterocycles. The molecule has 1 aliphatic rings. The Hall–Kier alpha value is -2.96. The van der Waals surface area contributed by atoms with Crippen LogP contribution < -0.4 is 15.0 Å². The first-order valence-corrected chi connectivity index (χ1v) is 9.08. The van der Waals surface area contributed by atoms with Crippen LogP contribution in [0.5, 0.6) is 5.75 Å². The predicted octanol–water partition coefficient (Wildman–Crippen LogP) is 4.38. The van der Waals surface area contributed by atoms with Crippen molar-refractivity contribution in [1.82, 2.24) is 0 Å². The molecule has 0 saturated carbocycles. The molecule has 2 aromatic carbocycles. The van der Waals surface area contributed by atoms with Gasteiger partial charge in [-0.05, 0) is 56.7 Å². The van der Waals surface area contributed by atoms with E-state index in [9.17, 15) is 18.4 Å². The molecule has 1 N–H and O–H groups in total. The van der Waals surface area contributed by atoms with Crippen LogP contribution in [0.15, 0.2) is 36.4 Å². The minimum absolute atomic E-state index is 0.00674. The van der Waals surface area contributed by atoms with Crippen LogP contribution in [0.3, 0.4) is 0 Å². The van der Waals surface area contributed by atoms with Crippen molar-refractivity contribution in [2.45, 2.75) is 27.2 Å². The normalized spacial score (nSPS) is 15.5. The fourth-order valence-electron chi connectivity index (χ4n) is 3.01. The van der Waals surface area contributed by atoms with Gasteiger partial charge < -0.3 is 15.0 Å². The van der Waals surface area contributed by atoms with Crippen LogP contribution >= 0.6 is 0 Å². The highest BCUT2D eigenvalue weighted by Gasteiger charge is 2.37. The van der Waals surface area contributed by atoms with Gasteiger partial charge in [-0.25, -0.2) is 8.78 Å². The van der Waals surface area contributed by atoms with Crippen molar-refractivity contribution in [3.05, 3.63) is 53.6 Å². The fourth-order valence-corrected chi connectivity index (χ4v) is 3.01. The van der Waals surface area contributed by atoms with E-state index in [2.05, 4.69) is 5.32 Å². The van der Waals surface area contributed by atoms with Crippen LogP contribution in [-0.2, 0) is 4.79 Å². The van der Waals surface area contributed by atoms with Gasteiger partial charge in [-0.2, -0.15) is 0 Å². The molecule has 148 valence electrons. The third-order valence-electron chi connectivity index (χ3n) is 4.55. The average molecular weight is 388 g/mol. The van der Waals surface area contributed by atoms with Gasteiger partial charge in [0, 0.05) is 17.8 Å². The Balaban J connectivity index is 1.91. The summed E-state index contributed by atoms with van der Waals surface area (Å²) >= 11 is 0. The summed E-state index contributed by atoms with van der Waals surface area (Å²) in [5.41, 5.74) is 0.308. The molecule has 0 aromatic heterocycles. The van der Waals surface area contributed by atoms with Gasteiger partial charge in [0.2, 0.25) is 5.91 Å². The quantitative estimate of drug-likeness (QED) is 0.846. The number of ether oxygens (including phenoxy) is 1. The summed E-state index contributed by atoms with van der Waals surface area (Å²) in [6.07, 6.45) is 0.757. The number of fused-ring (bicyclic) bond motifs is 1. The van der Waals surface area contributed by atoms with Gasteiger partial charge in [-0.3, -0.25) is 9.59 Å². The van der Waals surface area contributed by atoms with Crippen molar-refractivity contribution < 1.29 is 23.1 Å². The monoisotopic (exact) mass is 388 g/mol. The van der Waals surface area contributed by atoms with Crippen LogP contribution in [-0.4, -0.2) is 25.0 Å². The van der Waals surface area contributed by atoms with E-state index < -0.39 is 23.0 Å². The Morgan fingerprint density at radius 2 is 1.93 bits per heavy atom. The number of rotatable bonds is 4. The second kappa shape index (κ2) is 7.58. The first-order chi connectivity index (χ1) is 13.2. The summed E-state index contributed by atoms with van der Waals surface area (Å²) in [6, 6.07) is 7.93. The van der Waals surface area contributed by atoms with E-state index in [4.69, 9.17) is 4.74 Å². The Kier molecular flexibility index (Phi) is 5.36. The van der Waals surface area contributed by atoms with Crippen molar-refractivity contribution in [3.63, 3.8) is 0 Å². The molecule has 1 heterocycles. The predicted molar refractivity (Wildman–Crippen MR) is 103 cm³/mol. The molecule has 3 rings (SSSR count). The molecular formula is C21H22F2N2O3. The minimum atomic E-state index is -1.09. The highest BCUT2D eigenvalue weighted by atomic mass is 19.2. The van der Waals surface area contributed by atoms with Crippen molar-refractivity contribution in [1.29, 1.82) is 0 Å². The maximum Gasteiger partial charge on any atom is 0.255 e. The zero-order valence-electron chi connectivity index (χ0n) is 16.0. The van der Waals surface area contributed by atoms with E-state index in [1.807, 2.05) is 20.8 Å². The van der Waals surface area contributed by atoms with E-state index in [1.54, 1.807) is 23.1 Å². The van der Waals surface area contributed by atoms with Gasteiger partial charge in [-0.1, -0.05) is 6.92 Å².